The van der Waals surface area contributed by atoms with Crippen molar-refractivity contribution in [3.63, 3.8) is 0 Å². The van der Waals surface area contributed by atoms with E-state index >= 15 is 0 Å². The summed E-state index contributed by atoms with van der Waals surface area (Å²) in [6.45, 7) is 0. The first kappa shape index (κ1) is 28.2. The number of aromatic nitrogens is 4. The molecule has 10 aromatic rings. The molecule has 3 heterocycles. The van der Waals surface area contributed by atoms with Gasteiger partial charge in [-0.2, -0.15) is 0 Å². The molecule has 0 N–H and O–H groups in total. The van der Waals surface area contributed by atoms with Gasteiger partial charge in [0.15, 0.2) is 17.5 Å². The number of hydrogen-bond donors (Lipinski definition) is 0. The van der Waals surface area contributed by atoms with Gasteiger partial charge in [-0.1, -0.05) is 127 Å². The van der Waals surface area contributed by atoms with Crippen LogP contribution in [0.15, 0.2) is 174 Å². The van der Waals surface area contributed by atoms with Crippen LogP contribution >= 0.6 is 0 Å². The van der Waals surface area contributed by atoms with Gasteiger partial charge in [-0.15, -0.1) is 0 Å². The van der Waals surface area contributed by atoms with E-state index in [0.717, 1.165) is 55.3 Å². The van der Waals surface area contributed by atoms with Crippen LogP contribution in [0.2, 0.25) is 0 Å². The highest BCUT2D eigenvalue weighted by atomic mass is 16.3. The third-order valence-electron chi connectivity index (χ3n) is 9.44. The molecule has 234 valence electrons. The van der Waals surface area contributed by atoms with Crippen LogP contribution in [0.3, 0.4) is 0 Å². The van der Waals surface area contributed by atoms with Crippen molar-refractivity contribution >= 4 is 43.7 Å². The van der Waals surface area contributed by atoms with E-state index < -0.39 is 0 Å². The molecule has 0 fully saturated rings. The van der Waals surface area contributed by atoms with Crippen molar-refractivity contribution in [1.82, 2.24) is 19.5 Å². The fraction of sp³-hybridized carbons (Fsp3) is 0. The summed E-state index contributed by atoms with van der Waals surface area (Å²) in [5.74, 6) is 1.85. The second-order valence-electron chi connectivity index (χ2n) is 12.5. The highest BCUT2D eigenvalue weighted by Gasteiger charge is 2.20. The minimum Gasteiger partial charge on any atom is -0.456 e. The maximum absolute atomic E-state index is 6.65. The van der Waals surface area contributed by atoms with Gasteiger partial charge in [0.2, 0.25) is 0 Å². The van der Waals surface area contributed by atoms with Crippen LogP contribution in [0.25, 0.3) is 94.7 Å². The molecule has 0 saturated carbocycles. The van der Waals surface area contributed by atoms with Crippen molar-refractivity contribution in [3.05, 3.63) is 170 Å². The number of furan rings is 1. The highest BCUT2D eigenvalue weighted by molar-refractivity contribution is 6.24. The Bertz CT molecular complexity index is 2800. The highest BCUT2D eigenvalue weighted by Crippen LogP contribution is 2.42. The molecule has 0 saturated heterocycles. The molecular formula is C45H28N4O. The van der Waals surface area contributed by atoms with Gasteiger partial charge in [-0.05, 0) is 53.6 Å². The molecule has 0 radical (unpaired) electrons. The van der Waals surface area contributed by atoms with Crippen molar-refractivity contribution in [2.75, 3.05) is 0 Å². The first-order chi connectivity index (χ1) is 24.8. The Balaban J connectivity index is 1.19. The van der Waals surface area contributed by atoms with Crippen LogP contribution in [0, 0.1) is 0 Å². The molecule has 0 bridgehead atoms. The predicted molar refractivity (Wildman–Crippen MR) is 203 cm³/mol. The lowest BCUT2D eigenvalue weighted by Gasteiger charge is -2.11. The first-order valence-corrected chi connectivity index (χ1v) is 16.7. The van der Waals surface area contributed by atoms with Gasteiger partial charge in [0, 0.05) is 38.5 Å². The number of hydrogen-bond acceptors (Lipinski definition) is 4. The molecule has 0 aliphatic heterocycles. The standard InChI is InChI=1S/C45H28N4O/c1-4-13-29(14-5-1)32-19-12-20-34(27-32)49-38-22-11-10-21-35(38)36-25-26-39-41(42(36)49)37-24-23-33(28-40(37)50-39)45-47-43(30-15-6-2-7-16-30)46-44(48-45)31-17-8-3-9-18-31/h1-28H. The Kier molecular flexibility index (Phi) is 6.42. The molecule has 3 aromatic heterocycles. The van der Waals surface area contributed by atoms with E-state index in [-0.39, 0.29) is 0 Å². The molecule has 5 nitrogen and oxygen atoms in total. The van der Waals surface area contributed by atoms with E-state index in [1.165, 1.54) is 21.9 Å². The SMILES string of the molecule is c1ccc(-c2cccc(-n3c4ccccc4c4ccc5oc6cc(-c7nc(-c8ccccc8)nc(-c8ccccc8)n7)ccc6c5c43)c2)cc1. The Hall–Kier alpha value is -6.85. The van der Waals surface area contributed by atoms with Gasteiger partial charge in [-0.3, -0.25) is 0 Å². The normalized spacial score (nSPS) is 11.6. The summed E-state index contributed by atoms with van der Waals surface area (Å²) in [5, 5.41) is 4.50. The fourth-order valence-electron chi connectivity index (χ4n) is 7.12. The lowest BCUT2D eigenvalue weighted by molar-refractivity contribution is 0.669. The lowest BCUT2D eigenvalue weighted by Crippen LogP contribution is -2.00. The number of nitrogens with zero attached hydrogens (tertiary/aromatic N) is 4. The third kappa shape index (κ3) is 4.60. The zero-order valence-corrected chi connectivity index (χ0v) is 26.9. The minimum atomic E-state index is 0.594. The average Bonchev–Trinajstić information content (AvgIpc) is 3.74. The summed E-state index contributed by atoms with van der Waals surface area (Å²) >= 11 is 0. The van der Waals surface area contributed by atoms with Gasteiger partial charge >= 0.3 is 0 Å². The summed E-state index contributed by atoms with van der Waals surface area (Å²) in [6.07, 6.45) is 0. The van der Waals surface area contributed by atoms with E-state index in [1.807, 2.05) is 60.7 Å². The molecule has 0 spiro atoms. The zero-order valence-electron chi connectivity index (χ0n) is 26.9. The number of benzene rings is 7. The zero-order chi connectivity index (χ0) is 33.0. The topological polar surface area (TPSA) is 56.7 Å². The van der Waals surface area contributed by atoms with Crippen molar-refractivity contribution in [2.45, 2.75) is 0 Å². The predicted octanol–water partition coefficient (Wildman–Crippen LogP) is 11.5. The van der Waals surface area contributed by atoms with Crippen LogP contribution in [0.5, 0.6) is 0 Å². The van der Waals surface area contributed by atoms with Crippen LogP contribution < -0.4 is 0 Å². The molecule has 0 aliphatic rings. The van der Waals surface area contributed by atoms with Gasteiger partial charge in [0.1, 0.15) is 11.2 Å². The molecule has 0 amide bonds. The average molecular weight is 641 g/mol. The second kappa shape index (κ2) is 11.4. The Morgan fingerprint density at radius 1 is 0.380 bits per heavy atom. The Morgan fingerprint density at radius 2 is 0.960 bits per heavy atom. The second-order valence-corrected chi connectivity index (χ2v) is 12.5. The molecule has 0 aliphatic carbocycles. The monoisotopic (exact) mass is 640 g/mol. The van der Waals surface area contributed by atoms with Gasteiger partial charge in [0.05, 0.1) is 16.4 Å². The summed E-state index contributed by atoms with van der Waals surface area (Å²) < 4.78 is 9.03. The summed E-state index contributed by atoms with van der Waals surface area (Å²) in [6, 6.07) is 58.6. The van der Waals surface area contributed by atoms with Crippen LogP contribution in [-0.4, -0.2) is 19.5 Å². The third-order valence-corrected chi connectivity index (χ3v) is 9.44. The van der Waals surface area contributed by atoms with Crippen LogP contribution in [-0.2, 0) is 0 Å². The Morgan fingerprint density at radius 3 is 1.66 bits per heavy atom. The summed E-state index contributed by atoms with van der Waals surface area (Å²) in [4.78, 5) is 14.8. The van der Waals surface area contributed by atoms with Crippen molar-refractivity contribution in [2.24, 2.45) is 0 Å². The van der Waals surface area contributed by atoms with Gasteiger partial charge in [0.25, 0.3) is 0 Å². The van der Waals surface area contributed by atoms with Crippen molar-refractivity contribution in [3.8, 4) is 51.0 Å². The van der Waals surface area contributed by atoms with E-state index in [4.69, 9.17) is 19.4 Å². The smallest absolute Gasteiger partial charge is 0.164 e. The quantitative estimate of drug-likeness (QED) is 0.188. The van der Waals surface area contributed by atoms with Crippen LogP contribution in [0.1, 0.15) is 0 Å². The number of fused-ring (bicyclic) bond motifs is 7. The molecule has 0 atom stereocenters. The molecular weight excluding hydrogens is 613 g/mol. The summed E-state index contributed by atoms with van der Waals surface area (Å²) in [5.41, 5.74) is 10.1. The van der Waals surface area contributed by atoms with E-state index in [0.29, 0.717) is 17.5 Å². The largest absolute Gasteiger partial charge is 0.456 e. The molecule has 5 heteroatoms. The number of para-hydroxylation sites is 1. The maximum Gasteiger partial charge on any atom is 0.164 e. The fourth-order valence-corrected chi connectivity index (χ4v) is 7.12. The minimum absolute atomic E-state index is 0.594. The summed E-state index contributed by atoms with van der Waals surface area (Å²) in [7, 11) is 0. The number of rotatable bonds is 5. The van der Waals surface area contributed by atoms with Gasteiger partial charge < -0.3 is 8.98 Å². The van der Waals surface area contributed by atoms with Crippen LogP contribution in [0.4, 0.5) is 0 Å². The van der Waals surface area contributed by atoms with Gasteiger partial charge in [-0.25, -0.2) is 15.0 Å². The maximum atomic E-state index is 6.65. The molecule has 50 heavy (non-hydrogen) atoms. The first-order valence-electron chi connectivity index (χ1n) is 16.7. The van der Waals surface area contributed by atoms with Crippen molar-refractivity contribution in [1.29, 1.82) is 0 Å². The van der Waals surface area contributed by atoms with E-state index in [1.54, 1.807) is 0 Å². The molecule has 0 unspecified atom stereocenters. The van der Waals surface area contributed by atoms with E-state index in [9.17, 15) is 0 Å². The molecule has 7 aromatic carbocycles. The Labute approximate surface area is 287 Å². The lowest BCUT2D eigenvalue weighted by atomic mass is 10.0. The van der Waals surface area contributed by atoms with Crippen molar-refractivity contribution < 1.29 is 4.42 Å². The molecule has 10 rings (SSSR count). The van der Waals surface area contributed by atoms with E-state index in [2.05, 4.69) is 114 Å².